The summed E-state index contributed by atoms with van der Waals surface area (Å²) in [7, 11) is 0. The molecule has 23 heavy (non-hydrogen) atoms. The fourth-order valence-corrected chi connectivity index (χ4v) is 3.09. The number of carbonyl (C=O) groups excluding carboxylic acids is 2. The van der Waals surface area contributed by atoms with E-state index in [-0.39, 0.29) is 23.5 Å². The molecule has 0 atom stereocenters. The number of amides is 2. The summed E-state index contributed by atoms with van der Waals surface area (Å²) in [6.07, 6.45) is 1.36. The summed E-state index contributed by atoms with van der Waals surface area (Å²) < 4.78 is 0. The van der Waals surface area contributed by atoms with Gasteiger partial charge in [-0.2, -0.15) is 0 Å². The first-order valence-electron chi connectivity index (χ1n) is 7.83. The molecule has 0 spiro atoms. The minimum Gasteiger partial charge on any atom is -0.507 e. The second-order valence-corrected chi connectivity index (χ2v) is 5.95. The van der Waals surface area contributed by atoms with Gasteiger partial charge in [-0.25, -0.2) is 0 Å². The van der Waals surface area contributed by atoms with Gasteiger partial charge in [0.25, 0.3) is 0 Å². The van der Waals surface area contributed by atoms with Crippen LogP contribution in [-0.4, -0.2) is 34.9 Å². The van der Waals surface area contributed by atoms with Gasteiger partial charge in [0, 0.05) is 42.4 Å². The fourth-order valence-electron chi connectivity index (χ4n) is 3.09. The lowest BCUT2D eigenvalue weighted by Gasteiger charge is -2.30. The molecule has 2 aromatic rings. The third kappa shape index (κ3) is 3.13. The zero-order valence-corrected chi connectivity index (χ0v) is 13.1. The van der Waals surface area contributed by atoms with Crippen molar-refractivity contribution in [2.24, 2.45) is 5.92 Å². The smallest absolute Gasteiger partial charge is 0.227 e. The van der Waals surface area contributed by atoms with Crippen LogP contribution in [0, 0.1) is 5.92 Å². The number of hydrogen-bond acceptors (Lipinski definition) is 3. The predicted molar refractivity (Wildman–Crippen MR) is 89.2 cm³/mol. The summed E-state index contributed by atoms with van der Waals surface area (Å²) in [5.41, 5.74) is 0.706. The number of piperidine rings is 1. The maximum atomic E-state index is 12.5. The quantitative estimate of drug-likeness (QED) is 0.896. The normalized spacial score (nSPS) is 15.6. The average Bonchev–Trinajstić information content (AvgIpc) is 2.56. The Bertz CT molecular complexity index is 749. The van der Waals surface area contributed by atoms with Crippen LogP contribution in [0.25, 0.3) is 10.8 Å². The predicted octanol–water partition coefficient (Wildman–Crippen LogP) is 2.74. The summed E-state index contributed by atoms with van der Waals surface area (Å²) in [4.78, 5) is 25.6. The number of aromatic hydroxyl groups is 1. The first kappa shape index (κ1) is 15.3. The van der Waals surface area contributed by atoms with Crippen LogP contribution in [0.4, 0.5) is 5.69 Å². The van der Waals surface area contributed by atoms with Crippen LogP contribution < -0.4 is 5.32 Å². The van der Waals surface area contributed by atoms with Crippen molar-refractivity contribution in [3.05, 3.63) is 36.4 Å². The van der Waals surface area contributed by atoms with Gasteiger partial charge in [0.1, 0.15) is 5.75 Å². The molecule has 0 saturated carbocycles. The minimum absolute atomic E-state index is 0.0240. The van der Waals surface area contributed by atoms with Gasteiger partial charge < -0.3 is 15.3 Å². The molecule has 5 heteroatoms. The molecule has 1 fully saturated rings. The third-order valence-corrected chi connectivity index (χ3v) is 4.47. The molecule has 0 unspecified atom stereocenters. The van der Waals surface area contributed by atoms with E-state index >= 15 is 0 Å². The topological polar surface area (TPSA) is 69.6 Å². The Kier molecular flexibility index (Phi) is 4.19. The molecule has 3 rings (SSSR count). The lowest BCUT2D eigenvalue weighted by atomic mass is 9.95. The van der Waals surface area contributed by atoms with Gasteiger partial charge in [-0.3, -0.25) is 9.59 Å². The number of likely N-dealkylation sites (tertiary alicyclic amines) is 1. The first-order chi connectivity index (χ1) is 11.1. The summed E-state index contributed by atoms with van der Waals surface area (Å²) in [6.45, 7) is 2.82. The second kappa shape index (κ2) is 6.28. The van der Waals surface area contributed by atoms with Crippen molar-refractivity contribution in [2.75, 3.05) is 18.4 Å². The molecular weight excluding hydrogens is 292 g/mol. The Hall–Kier alpha value is -2.56. The fraction of sp³-hybridized carbons (Fsp3) is 0.333. The van der Waals surface area contributed by atoms with Gasteiger partial charge >= 0.3 is 0 Å². The largest absolute Gasteiger partial charge is 0.507 e. The second-order valence-electron chi connectivity index (χ2n) is 5.95. The van der Waals surface area contributed by atoms with E-state index in [9.17, 15) is 14.7 Å². The summed E-state index contributed by atoms with van der Waals surface area (Å²) in [6, 6.07) is 10.7. The molecular formula is C18H20N2O3. The van der Waals surface area contributed by atoms with Gasteiger partial charge in [0.15, 0.2) is 0 Å². The van der Waals surface area contributed by atoms with Crippen molar-refractivity contribution in [3.63, 3.8) is 0 Å². The SMILES string of the molecule is CC(=O)N1CCC(C(=O)Nc2cccc3c(O)cccc23)CC1. The number of fused-ring (bicyclic) bond motifs is 1. The monoisotopic (exact) mass is 312 g/mol. The van der Waals surface area contributed by atoms with Gasteiger partial charge in [-0.05, 0) is 25.0 Å². The van der Waals surface area contributed by atoms with Crippen LogP contribution in [0.2, 0.25) is 0 Å². The number of nitrogens with zero attached hydrogens (tertiary/aromatic N) is 1. The van der Waals surface area contributed by atoms with E-state index in [0.29, 0.717) is 31.6 Å². The van der Waals surface area contributed by atoms with Gasteiger partial charge in [-0.1, -0.05) is 24.3 Å². The third-order valence-electron chi connectivity index (χ3n) is 4.47. The van der Waals surface area contributed by atoms with Crippen LogP contribution in [0.1, 0.15) is 19.8 Å². The number of nitrogens with one attached hydrogen (secondary N) is 1. The van der Waals surface area contributed by atoms with E-state index in [0.717, 1.165) is 10.8 Å². The maximum Gasteiger partial charge on any atom is 0.227 e. The van der Waals surface area contributed by atoms with Crippen LogP contribution in [0.15, 0.2) is 36.4 Å². The Balaban J connectivity index is 1.74. The molecule has 0 bridgehead atoms. The number of phenols is 1. The van der Waals surface area contributed by atoms with E-state index in [1.165, 1.54) is 0 Å². The zero-order chi connectivity index (χ0) is 16.4. The Labute approximate surface area is 134 Å². The van der Waals surface area contributed by atoms with Gasteiger partial charge in [0.2, 0.25) is 11.8 Å². The molecule has 1 aliphatic heterocycles. The summed E-state index contributed by atoms with van der Waals surface area (Å²) >= 11 is 0. The van der Waals surface area contributed by atoms with Crippen molar-refractivity contribution in [2.45, 2.75) is 19.8 Å². The van der Waals surface area contributed by atoms with Gasteiger partial charge in [0.05, 0.1) is 0 Å². The van der Waals surface area contributed by atoms with Crippen molar-refractivity contribution in [1.82, 2.24) is 4.90 Å². The van der Waals surface area contributed by atoms with E-state index in [1.54, 1.807) is 24.0 Å². The summed E-state index contributed by atoms with van der Waals surface area (Å²) in [5, 5.41) is 14.4. The number of carbonyl (C=O) groups is 2. The molecule has 1 aliphatic rings. The highest BCUT2D eigenvalue weighted by Gasteiger charge is 2.26. The van der Waals surface area contributed by atoms with Crippen molar-refractivity contribution < 1.29 is 14.7 Å². The highest BCUT2D eigenvalue weighted by Crippen LogP contribution is 2.30. The lowest BCUT2D eigenvalue weighted by molar-refractivity contribution is -0.132. The highest BCUT2D eigenvalue weighted by atomic mass is 16.3. The van der Waals surface area contributed by atoms with Crippen LogP contribution in [0.5, 0.6) is 5.75 Å². The number of anilines is 1. The minimum atomic E-state index is -0.0850. The Morgan fingerprint density at radius 1 is 1.09 bits per heavy atom. The molecule has 120 valence electrons. The van der Waals surface area contributed by atoms with E-state index in [4.69, 9.17) is 0 Å². The van der Waals surface area contributed by atoms with Crippen LogP contribution in [-0.2, 0) is 9.59 Å². The Morgan fingerprint density at radius 3 is 2.43 bits per heavy atom. The zero-order valence-electron chi connectivity index (χ0n) is 13.1. The van der Waals surface area contributed by atoms with Crippen molar-refractivity contribution >= 4 is 28.3 Å². The first-order valence-corrected chi connectivity index (χ1v) is 7.83. The Morgan fingerprint density at radius 2 is 1.74 bits per heavy atom. The van der Waals surface area contributed by atoms with Crippen LogP contribution >= 0.6 is 0 Å². The van der Waals surface area contributed by atoms with E-state index in [2.05, 4.69) is 5.32 Å². The molecule has 2 amide bonds. The molecule has 1 heterocycles. The van der Waals surface area contributed by atoms with E-state index in [1.807, 2.05) is 24.3 Å². The number of rotatable bonds is 2. The van der Waals surface area contributed by atoms with Crippen LogP contribution in [0.3, 0.4) is 0 Å². The van der Waals surface area contributed by atoms with Crippen molar-refractivity contribution in [3.8, 4) is 5.75 Å². The standard InChI is InChI=1S/C18H20N2O3/c1-12(21)20-10-8-13(9-11-20)18(23)19-16-6-2-5-15-14(16)4-3-7-17(15)22/h2-7,13,22H,8-11H2,1H3,(H,19,23). The molecule has 0 aliphatic carbocycles. The highest BCUT2D eigenvalue weighted by molar-refractivity contribution is 6.04. The van der Waals surface area contributed by atoms with Crippen molar-refractivity contribution in [1.29, 1.82) is 0 Å². The lowest BCUT2D eigenvalue weighted by Crippen LogP contribution is -2.40. The maximum absolute atomic E-state index is 12.5. The molecule has 2 aromatic carbocycles. The number of hydrogen-bond donors (Lipinski definition) is 2. The van der Waals surface area contributed by atoms with E-state index < -0.39 is 0 Å². The van der Waals surface area contributed by atoms with Gasteiger partial charge in [-0.15, -0.1) is 0 Å². The average molecular weight is 312 g/mol. The molecule has 5 nitrogen and oxygen atoms in total. The summed E-state index contributed by atoms with van der Waals surface area (Å²) in [5.74, 6) is 0.156. The molecule has 0 aromatic heterocycles. The molecule has 2 N–H and O–H groups in total. The number of benzene rings is 2. The molecule has 1 saturated heterocycles. The molecule has 0 radical (unpaired) electrons. The number of phenolic OH excluding ortho intramolecular Hbond substituents is 1.